The first-order chi connectivity index (χ1) is 11.9. The maximum Gasteiger partial charge on any atom is 0.268 e. The van der Waals surface area contributed by atoms with E-state index in [9.17, 15) is 9.59 Å². The van der Waals surface area contributed by atoms with Gasteiger partial charge in [-0.15, -0.1) is 11.3 Å². The van der Waals surface area contributed by atoms with Gasteiger partial charge >= 0.3 is 0 Å². The third kappa shape index (κ3) is 2.63. The standard InChI is InChI=1S/C18H20N4O2S/c1-8-16(25-10(3)20-8)13-6-12-7-22(9(2)11-4-5-11)18(24)14(12)15(21-13)17(19)23/h6,9,11H,4-5,7H2,1-3H3,(H2,19,23)/t9-/m0/s1. The Morgan fingerprint density at radius 1 is 1.36 bits per heavy atom. The van der Waals surface area contributed by atoms with Gasteiger partial charge in [0.05, 0.1) is 26.8 Å². The van der Waals surface area contributed by atoms with Gasteiger partial charge in [0.1, 0.15) is 5.69 Å². The summed E-state index contributed by atoms with van der Waals surface area (Å²) in [4.78, 5) is 36.5. The molecule has 0 bridgehead atoms. The van der Waals surface area contributed by atoms with Crippen LogP contribution in [-0.2, 0) is 6.54 Å². The molecule has 2 aliphatic rings. The van der Waals surface area contributed by atoms with Crippen molar-refractivity contribution in [2.24, 2.45) is 11.7 Å². The Kier molecular flexibility index (Phi) is 3.64. The van der Waals surface area contributed by atoms with E-state index < -0.39 is 5.91 Å². The number of hydrogen-bond acceptors (Lipinski definition) is 5. The van der Waals surface area contributed by atoms with Crippen LogP contribution in [0.5, 0.6) is 0 Å². The van der Waals surface area contributed by atoms with E-state index in [0.29, 0.717) is 23.7 Å². The number of fused-ring (bicyclic) bond motifs is 1. The second-order valence-corrected chi connectivity index (χ2v) is 8.12. The lowest BCUT2D eigenvalue weighted by Gasteiger charge is -2.23. The highest BCUT2D eigenvalue weighted by atomic mass is 32.1. The SMILES string of the molecule is Cc1nc(C)c(-c2cc3c(c(C(N)=O)n2)C(=O)N([C@@H](C)C2CC2)C3)s1. The van der Waals surface area contributed by atoms with Crippen LogP contribution in [0.15, 0.2) is 6.07 Å². The highest BCUT2D eigenvalue weighted by Gasteiger charge is 2.40. The Bertz CT molecular complexity index is 901. The normalized spacial score (nSPS) is 17.7. The molecule has 7 heteroatoms. The first kappa shape index (κ1) is 16.2. The van der Waals surface area contributed by atoms with Crippen molar-refractivity contribution in [3.8, 4) is 10.6 Å². The number of carbonyl (C=O) groups is 2. The first-order valence-electron chi connectivity index (χ1n) is 8.46. The minimum Gasteiger partial charge on any atom is -0.364 e. The fourth-order valence-electron chi connectivity index (χ4n) is 3.59. The number of aryl methyl sites for hydroxylation is 2. The second kappa shape index (κ2) is 5.62. The number of hydrogen-bond donors (Lipinski definition) is 1. The first-order valence-corrected chi connectivity index (χ1v) is 9.27. The van der Waals surface area contributed by atoms with Crippen LogP contribution in [0.4, 0.5) is 0 Å². The van der Waals surface area contributed by atoms with Gasteiger partial charge in [0.25, 0.3) is 11.8 Å². The van der Waals surface area contributed by atoms with E-state index in [1.165, 1.54) is 11.3 Å². The lowest BCUT2D eigenvalue weighted by atomic mass is 10.1. The number of nitrogens with two attached hydrogens (primary N) is 1. The number of carbonyl (C=O) groups excluding carboxylic acids is 2. The van der Waals surface area contributed by atoms with Gasteiger partial charge in [-0.3, -0.25) is 9.59 Å². The average Bonchev–Trinajstić information content (AvgIpc) is 3.28. The maximum absolute atomic E-state index is 12.9. The highest BCUT2D eigenvalue weighted by Crippen LogP contribution is 2.40. The van der Waals surface area contributed by atoms with Crippen LogP contribution < -0.4 is 5.73 Å². The van der Waals surface area contributed by atoms with Gasteiger partial charge in [-0.2, -0.15) is 0 Å². The Labute approximate surface area is 150 Å². The summed E-state index contributed by atoms with van der Waals surface area (Å²) in [7, 11) is 0. The molecule has 0 unspecified atom stereocenters. The van der Waals surface area contributed by atoms with Gasteiger partial charge in [-0.1, -0.05) is 0 Å². The van der Waals surface area contributed by atoms with Crippen molar-refractivity contribution in [1.29, 1.82) is 0 Å². The van der Waals surface area contributed by atoms with Crippen LogP contribution in [0, 0.1) is 19.8 Å². The van der Waals surface area contributed by atoms with Crippen LogP contribution in [0.25, 0.3) is 10.6 Å². The van der Waals surface area contributed by atoms with Gasteiger partial charge in [0, 0.05) is 12.6 Å². The third-order valence-electron chi connectivity index (χ3n) is 5.08. The maximum atomic E-state index is 12.9. The summed E-state index contributed by atoms with van der Waals surface area (Å²) in [6, 6.07) is 2.09. The molecule has 0 radical (unpaired) electrons. The van der Waals surface area contributed by atoms with Gasteiger partial charge < -0.3 is 10.6 Å². The van der Waals surface area contributed by atoms with Crippen molar-refractivity contribution in [3.05, 3.63) is 33.6 Å². The average molecular weight is 356 g/mol. The summed E-state index contributed by atoms with van der Waals surface area (Å²) < 4.78 is 0. The van der Waals surface area contributed by atoms with Gasteiger partial charge in [0.2, 0.25) is 0 Å². The minimum absolute atomic E-state index is 0.0773. The van der Waals surface area contributed by atoms with Crippen LogP contribution in [0.2, 0.25) is 0 Å². The molecule has 3 heterocycles. The van der Waals surface area contributed by atoms with Crippen molar-refractivity contribution < 1.29 is 9.59 Å². The summed E-state index contributed by atoms with van der Waals surface area (Å²) in [5.74, 6) is -0.222. The van der Waals surface area contributed by atoms with Crippen LogP contribution >= 0.6 is 11.3 Å². The fraction of sp³-hybridized carbons (Fsp3) is 0.444. The lowest BCUT2D eigenvalue weighted by Crippen LogP contribution is -2.35. The topological polar surface area (TPSA) is 89.2 Å². The molecule has 1 aliphatic carbocycles. The van der Waals surface area contributed by atoms with Gasteiger partial charge in [0.15, 0.2) is 0 Å². The third-order valence-corrected chi connectivity index (χ3v) is 6.18. The molecule has 25 heavy (non-hydrogen) atoms. The molecule has 1 fully saturated rings. The number of rotatable bonds is 4. The predicted molar refractivity (Wildman–Crippen MR) is 95.4 cm³/mol. The van der Waals surface area contributed by atoms with Crippen molar-refractivity contribution in [2.45, 2.75) is 46.2 Å². The van der Waals surface area contributed by atoms with Crippen LogP contribution in [-0.4, -0.2) is 32.7 Å². The molecule has 2 N–H and O–H groups in total. The number of aromatic nitrogens is 2. The number of thiazole rings is 1. The number of nitrogens with zero attached hydrogens (tertiary/aromatic N) is 3. The van der Waals surface area contributed by atoms with E-state index in [4.69, 9.17) is 5.73 Å². The number of pyridine rings is 1. The summed E-state index contributed by atoms with van der Waals surface area (Å²) >= 11 is 1.53. The van der Waals surface area contributed by atoms with Crippen molar-refractivity contribution in [2.75, 3.05) is 0 Å². The molecule has 6 nitrogen and oxygen atoms in total. The molecule has 1 atom stereocenters. The van der Waals surface area contributed by atoms with Gasteiger partial charge in [-0.05, 0) is 51.2 Å². The van der Waals surface area contributed by atoms with E-state index in [-0.39, 0.29) is 17.6 Å². The summed E-state index contributed by atoms with van der Waals surface area (Å²) in [6.45, 7) is 6.45. The van der Waals surface area contributed by atoms with E-state index >= 15 is 0 Å². The summed E-state index contributed by atoms with van der Waals surface area (Å²) in [6.07, 6.45) is 2.32. The molecule has 0 saturated heterocycles. The quantitative estimate of drug-likeness (QED) is 0.912. The molecule has 4 rings (SSSR count). The van der Waals surface area contributed by atoms with E-state index in [0.717, 1.165) is 34.0 Å². The predicted octanol–water partition coefficient (Wildman–Crippen LogP) is 2.68. The molecular weight excluding hydrogens is 336 g/mol. The molecule has 130 valence electrons. The second-order valence-electron chi connectivity index (χ2n) is 6.91. The van der Waals surface area contributed by atoms with E-state index in [2.05, 4.69) is 16.9 Å². The fourth-order valence-corrected chi connectivity index (χ4v) is 4.47. The van der Waals surface area contributed by atoms with Crippen molar-refractivity contribution >= 4 is 23.2 Å². The molecule has 1 saturated carbocycles. The molecular formula is C18H20N4O2S. The monoisotopic (exact) mass is 356 g/mol. The molecule has 0 aromatic carbocycles. The minimum atomic E-state index is -0.661. The molecule has 0 spiro atoms. The molecule has 2 amide bonds. The molecule has 2 aromatic rings. The van der Waals surface area contributed by atoms with Crippen LogP contribution in [0.3, 0.4) is 0 Å². The van der Waals surface area contributed by atoms with Gasteiger partial charge in [-0.25, -0.2) is 9.97 Å². The smallest absolute Gasteiger partial charge is 0.268 e. The largest absolute Gasteiger partial charge is 0.364 e. The lowest BCUT2D eigenvalue weighted by molar-refractivity contribution is 0.0694. The summed E-state index contributed by atoms with van der Waals surface area (Å²) in [5, 5.41) is 0.940. The zero-order valence-electron chi connectivity index (χ0n) is 14.5. The van der Waals surface area contributed by atoms with Crippen molar-refractivity contribution in [3.63, 3.8) is 0 Å². The van der Waals surface area contributed by atoms with E-state index in [1.54, 1.807) is 0 Å². The zero-order chi connectivity index (χ0) is 17.9. The Morgan fingerprint density at radius 2 is 2.08 bits per heavy atom. The zero-order valence-corrected chi connectivity index (χ0v) is 15.3. The van der Waals surface area contributed by atoms with Crippen LogP contribution in [0.1, 0.15) is 56.9 Å². The summed E-state index contributed by atoms with van der Waals surface area (Å²) in [5.41, 5.74) is 8.38. The number of primary amides is 1. The number of amides is 2. The Morgan fingerprint density at radius 3 is 2.64 bits per heavy atom. The molecule has 1 aliphatic heterocycles. The van der Waals surface area contributed by atoms with E-state index in [1.807, 2.05) is 24.8 Å². The Balaban J connectivity index is 1.82. The Hall–Kier alpha value is -2.28. The van der Waals surface area contributed by atoms with Crippen molar-refractivity contribution in [1.82, 2.24) is 14.9 Å². The highest BCUT2D eigenvalue weighted by molar-refractivity contribution is 7.15. The molecule has 2 aromatic heterocycles.